The summed E-state index contributed by atoms with van der Waals surface area (Å²) >= 11 is 0. The molecule has 28 heteroatoms. The number of phosphoric acid groups is 2. The summed E-state index contributed by atoms with van der Waals surface area (Å²) in [4.78, 5) is 70.8. The van der Waals surface area contributed by atoms with E-state index in [2.05, 4.69) is 43.5 Å². The van der Waals surface area contributed by atoms with Crippen molar-refractivity contribution < 1.29 is 82.3 Å². The number of aliphatic hydroxyl groups excluding tert-OH is 5. The normalized spacial score (nSPS) is 27.6. The fraction of sp³-hybridized carbons (Fsp3) is 0.481. The van der Waals surface area contributed by atoms with E-state index < -0.39 is 102 Å². The number of fused-ring (bicyclic) bond motifs is 3. The Morgan fingerprint density at radius 3 is 2.44 bits per heavy atom. The first kappa shape index (κ1) is 40.6. The first-order chi connectivity index (χ1) is 25.8. The fourth-order valence-corrected chi connectivity index (χ4v) is 7.90. The molecule has 3 aliphatic rings. The molecule has 1 aromatic carbocycles. The minimum atomic E-state index is -5.90. The highest BCUT2D eigenvalue weighted by Gasteiger charge is 2.56. The van der Waals surface area contributed by atoms with Crippen LogP contribution in [0.1, 0.15) is 17.4 Å². The number of hydrogen-bond donors (Lipinski definition) is 9. The van der Waals surface area contributed by atoms with Crippen molar-refractivity contribution in [2.75, 3.05) is 35.7 Å². The topological polar surface area (TPSA) is 391 Å². The second-order valence-corrected chi connectivity index (χ2v) is 15.4. The Kier molecular flexibility index (Phi) is 11.1. The third-order valence-corrected chi connectivity index (χ3v) is 11.4. The van der Waals surface area contributed by atoms with Crippen LogP contribution in [0.2, 0.25) is 0 Å². The van der Waals surface area contributed by atoms with Crippen LogP contribution in [0.25, 0.3) is 11.2 Å². The minimum Gasteiger partial charge on any atom is -0.756 e. The molecule has 3 aliphatic heterocycles. The van der Waals surface area contributed by atoms with Gasteiger partial charge in [-0.3, -0.25) is 23.8 Å². The number of phosphoric ester groups is 2. The second-order valence-electron chi connectivity index (χ2n) is 12.5. The van der Waals surface area contributed by atoms with E-state index in [1.165, 1.54) is 10.9 Å². The highest BCUT2D eigenvalue weighted by molar-refractivity contribution is 7.59. The Labute approximate surface area is 307 Å². The number of nitrogen functional groups attached to an aromatic ring is 1. The minimum absolute atomic E-state index is 0.00514. The van der Waals surface area contributed by atoms with E-state index >= 15 is 0 Å². The third kappa shape index (κ3) is 7.84. The van der Waals surface area contributed by atoms with Crippen LogP contribution in [0.4, 0.5) is 22.0 Å². The number of β-amino-alcohol motifs (C(OH)–C–C–N with tert-alkyl or cyclic N) is 1. The number of anilines is 3. The molecule has 1 fully saturated rings. The first-order valence-electron chi connectivity index (χ1n) is 15.8. The van der Waals surface area contributed by atoms with Crippen molar-refractivity contribution in [3.8, 4) is 0 Å². The van der Waals surface area contributed by atoms with Gasteiger partial charge < -0.3 is 65.1 Å². The molecule has 26 nitrogen and oxygen atoms in total. The molecule has 300 valence electrons. The molecule has 0 saturated carbocycles. The van der Waals surface area contributed by atoms with Crippen molar-refractivity contribution in [2.24, 2.45) is 4.99 Å². The van der Waals surface area contributed by atoms with E-state index in [4.69, 9.17) is 10.5 Å². The van der Waals surface area contributed by atoms with Gasteiger partial charge in [-0.2, -0.15) is 9.88 Å². The Bertz CT molecular complexity index is 2120. The van der Waals surface area contributed by atoms with Crippen molar-refractivity contribution in [3.05, 3.63) is 35.9 Å². The molecule has 10 atom stereocenters. The van der Waals surface area contributed by atoms with Gasteiger partial charge in [0, 0.05) is 0 Å². The van der Waals surface area contributed by atoms with Crippen molar-refractivity contribution >= 4 is 61.8 Å². The van der Waals surface area contributed by atoms with Gasteiger partial charge in [-0.25, -0.2) is 29.3 Å². The molecular weight excluding hydrogens is 784 g/mol. The molecule has 55 heavy (non-hydrogen) atoms. The fourth-order valence-electron chi connectivity index (χ4n) is 5.88. The van der Waals surface area contributed by atoms with Crippen LogP contribution in [0.5, 0.6) is 0 Å². The average molecular weight is 818 g/mol. The van der Waals surface area contributed by atoms with Gasteiger partial charge in [0.05, 0.1) is 37.5 Å². The monoisotopic (exact) mass is 817 g/mol. The van der Waals surface area contributed by atoms with Gasteiger partial charge in [0.15, 0.2) is 23.5 Å². The predicted molar refractivity (Wildman–Crippen MR) is 176 cm³/mol. The third-order valence-electron chi connectivity index (χ3n) is 8.83. The molecule has 6 rings (SSSR count). The number of amides is 3. The number of aliphatic hydroxyl groups is 5. The molecule has 1 saturated heterocycles. The summed E-state index contributed by atoms with van der Waals surface area (Å²) in [5.41, 5.74) is 5.21. The van der Waals surface area contributed by atoms with Crippen LogP contribution in [0, 0.1) is 13.8 Å². The molecule has 3 unspecified atom stereocenters. The summed E-state index contributed by atoms with van der Waals surface area (Å²) < 4.78 is 44.5. The summed E-state index contributed by atoms with van der Waals surface area (Å²) in [6.45, 7) is 0.220. The molecular formula is C27H33N9O17P2-2. The van der Waals surface area contributed by atoms with E-state index in [1.54, 1.807) is 26.0 Å². The van der Waals surface area contributed by atoms with Crippen LogP contribution in [-0.4, -0.2) is 130 Å². The lowest BCUT2D eigenvalue weighted by Gasteiger charge is -2.45. The van der Waals surface area contributed by atoms with Gasteiger partial charge in [-0.15, -0.1) is 0 Å². The van der Waals surface area contributed by atoms with Gasteiger partial charge in [0.25, 0.3) is 21.6 Å². The number of nitrogens with one attached hydrogen (secondary N) is 2. The Morgan fingerprint density at radius 2 is 1.73 bits per heavy atom. The number of carbonyl (C=O) groups is 2. The van der Waals surface area contributed by atoms with Crippen molar-refractivity contribution in [1.29, 1.82) is 0 Å². The average Bonchev–Trinajstić information content (AvgIpc) is 3.67. The molecule has 2 aromatic heterocycles. The Balaban J connectivity index is 1.07. The summed E-state index contributed by atoms with van der Waals surface area (Å²) in [5.74, 6) is -1.76. The van der Waals surface area contributed by atoms with Crippen molar-refractivity contribution in [1.82, 2.24) is 24.8 Å². The van der Waals surface area contributed by atoms with E-state index in [0.29, 0.717) is 11.1 Å². The molecule has 3 amide bonds. The molecule has 5 heterocycles. The van der Waals surface area contributed by atoms with Crippen LogP contribution < -0.4 is 31.1 Å². The number of amidine groups is 1. The molecule has 3 aromatic rings. The van der Waals surface area contributed by atoms with Crippen molar-refractivity contribution in [2.45, 2.75) is 62.4 Å². The van der Waals surface area contributed by atoms with Crippen LogP contribution in [-0.2, 0) is 36.9 Å². The van der Waals surface area contributed by atoms with Gasteiger partial charge in [-0.05, 0) is 37.1 Å². The highest BCUT2D eigenvalue weighted by Crippen LogP contribution is 2.56. The van der Waals surface area contributed by atoms with Gasteiger partial charge >= 0.3 is 11.8 Å². The lowest BCUT2D eigenvalue weighted by molar-refractivity contribution is -0.284. The lowest BCUT2D eigenvalue weighted by Crippen LogP contribution is -2.70. The number of aryl methyl sites for hydroxylation is 2. The molecule has 0 bridgehead atoms. The zero-order valence-corrected chi connectivity index (χ0v) is 30.1. The van der Waals surface area contributed by atoms with E-state index in [1.807, 2.05) is 5.32 Å². The maximum Gasteiger partial charge on any atom is 0.349 e. The van der Waals surface area contributed by atoms with Gasteiger partial charge in [0.2, 0.25) is 0 Å². The highest BCUT2D eigenvalue weighted by atomic mass is 31.3. The Morgan fingerprint density at radius 1 is 1.04 bits per heavy atom. The number of aliphatic imine (C=N–C) groups is 1. The van der Waals surface area contributed by atoms with E-state index in [0.717, 1.165) is 11.2 Å². The number of imidazole rings is 1. The molecule has 10 N–H and O–H groups in total. The lowest BCUT2D eigenvalue weighted by atomic mass is 9.98. The van der Waals surface area contributed by atoms with E-state index in [9.17, 15) is 59.3 Å². The largest absolute Gasteiger partial charge is 0.756 e. The van der Waals surface area contributed by atoms with Gasteiger partial charge in [0.1, 0.15) is 48.5 Å². The number of hydrogen-bond acceptors (Lipinski definition) is 23. The number of rotatable bonds is 14. The summed E-state index contributed by atoms with van der Waals surface area (Å²) in [5, 5.41) is 67.4. The Hall–Kier alpha value is -4.08. The number of urea groups is 1. The number of nitrogens with two attached hydrogens (primary N) is 1. The quantitative estimate of drug-likeness (QED) is 0.0432. The standard InChI is InChI=1S/C27H35N9O17P2/c1-10-3-12-13(4-11(10)2)35(24-27(34-12,52-44)25(42)33-26(43)32-24)5-14(37)18(39)15(38)6-49-54(45,46)53-55(47,48)50-7-16-19(40)20(41)23(51-16)36-9-31-17-21(28)29-8-30-22(17)36/h3-4,8-9,14-16,18-20,23,34,37-41,44H,5-7H2,1-2H3,(H,45,46)(H,47,48)(H2,28,29,30)(H,33,42,43)/p-2/t14-,15+,16+,18-,19+,20+,23+,27?/m0/s1. The number of benzene rings is 1. The molecule has 0 radical (unpaired) electrons. The van der Waals surface area contributed by atoms with Crippen LogP contribution >= 0.6 is 15.6 Å². The van der Waals surface area contributed by atoms with Crippen molar-refractivity contribution in [3.63, 3.8) is 0 Å². The maximum atomic E-state index is 12.8. The first-order valence-corrected chi connectivity index (χ1v) is 18.7. The zero-order chi connectivity index (χ0) is 40.2. The number of carbonyl (C=O) groups excluding carboxylic acids is 2. The molecule has 0 aliphatic carbocycles. The number of ether oxygens (including phenoxy) is 1. The summed E-state index contributed by atoms with van der Waals surface area (Å²) in [6.07, 6.45) is -10.7. The smallest absolute Gasteiger partial charge is 0.349 e. The second kappa shape index (κ2) is 15.1. The van der Waals surface area contributed by atoms with Crippen LogP contribution in [0.15, 0.2) is 29.8 Å². The SMILES string of the molecule is Cc1cc2c(cc1C)N(C[C@H](O)[C@H](O)[C@H](O)COP(=O)([O-])OP(=O)([O-])OC[C@H]1O[C@@H](n3cnc4c(N)ncnc43)[C@H](O)[C@@H]1O)C1=NC(=O)NC(=O)C1(OO)N2. The molecule has 0 spiro atoms. The zero-order valence-electron chi connectivity index (χ0n) is 28.3. The van der Waals surface area contributed by atoms with E-state index in [-0.39, 0.29) is 28.4 Å². The number of nitrogens with zero attached hydrogens (tertiary/aromatic N) is 6. The summed E-state index contributed by atoms with van der Waals surface area (Å²) in [7, 11) is -11.7. The maximum absolute atomic E-state index is 12.8. The van der Waals surface area contributed by atoms with Crippen LogP contribution in [0.3, 0.4) is 0 Å². The van der Waals surface area contributed by atoms with Gasteiger partial charge in [-0.1, -0.05) is 0 Å². The number of imide groups is 1. The predicted octanol–water partition coefficient (Wildman–Crippen LogP) is -3.52. The summed E-state index contributed by atoms with van der Waals surface area (Å²) in [6, 6.07) is 1.94. The number of aromatic nitrogens is 4.